The molecule has 0 aliphatic heterocycles. The third-order valence-electron chi connectivity index (χ3n) is 11.1. The molecule has 3 N–H and O–H groups in total. The number of phosphoric acid groups is 1. The van der Waals surface area contributed by atoms with E-state index >= 15 is 0 Å². The van der Waals surface area contributed by atoms with Crippen LogP contribution in [0.1, 0.15) is 219 Å². The number of carbonyl (C=O) groups is 1. The van der Waals surface area contributed by atoms with E-state index in [4.69, 9.17) is 23.6 Å². The Morgan fingerprint density at radius 2 is 0.864 bits per heavy atom. The second-order valence-electron chi connectivity index (χ2n) is 17.5. The van der Waals surface area contributed by atoms with E-state index in [-0.39, 0.29) is 19.6 Å². The van der Waals surface area contributed by atoms with E-state index in [2.05, 4.69) is 98.9 Å². The molecule has 3 unspecified atom stereocenters. The van der Waals surface area contributed by atoms with Crippen LogP contribution in [0.4, 0.5) is 0 Å². The number of ether oxygens (including phenoxy) is 2. The van der Waals surface area contributed by atoms with Gasteiger partial charge in [-0.3, -0.25) is 13.8 Å². The van der Waals surface area contributed by atoms with Crippen LogP contribution in [0.5, 0.6) is 0 Å². The van der Waals surface area contributed by atoms with E-state index in [1.807, 2.05) is 0 Å². The monoisotopic (exact) mass is 947 g/mol. The van der Waals surface area contributed by atoms with Crippen LogP contribution >= 0.6 is 7.82 Å². The van der Waals surface area contributed by atoms with Crippen molar-refractivity contribution in [1.82, 2.24) is 0 Å². The molecule has 0 aliphatic carbocycles. The van der Waals surface area contributed by atoms with Gasteiger partial charge in [0.05, 0.1) is 26.4 Å². The molecule has 0 radical (unpaired) electrons. The van der Waals surface area contributed by atoms with Crippen LogP contribution in [0.2, 0.25) is 0 Å². The molecule has 66 heavy (non-hydrogen) atoms. The highest BCUT2D eigenvalue weighted by Gasteiger charge is 2.26. The first-order valence-corrected chi connectivity index (χ1v) is 28.1. The Hall–Kier alpha value is -2.36. The molecule has 0 aliphatic rings. The normalized spacial score (nSPS) is 14.4. The Balaban J connectivity index is 4.11. The van der Waals surface area contributed by atoms with Gasteiger partial charge in [0.15, 0.2) is 0 Å². The number of phosphoric ester groups is 1. The summed E-state index contributed by atoms with van der Waals surface area (Å²) in [6.45, 7) is 3.37. The first kappa shape index (κ1) is 63.6. The molecule has 382 valence electrons. The Labute approximate surface area is 405 Å². The highest BCUT2D eigenvalue weighted by atomic mass is 31.2. The van der Waals surface area contributed by atoms with Gasteiger partial charge in [0.1, 0.15) is 12.2 Å². The summed E-state index contributed by atoms with van der Waals surface area (Å²) in [4.78, 5) is 22.7. The minimum Gasteiger partial charge on any atom is -0.457 e. The molecule has 0 fully saturated rings. The molecule has 10 heteroatoms. The predicted octanol–water partition coefficient (Wildman–Crippen LogP) is 15.8. The number of aliphatic hydroxyl groups is 2. The fraction of sp³-hybridized carbons (Fsp3) is 0.732. The van der Waals surface area contributed by atoms with Crippen LogP contribution in [-0.2, 0) is 27.9 Å². The van der Waals surface area contributed by atoms with Gasteiger partial charge in [-0.1, -0.05) is 208 Å². The summed E-state index contributed by atoms with van der Waals surface area (Å²) in [6.07, 6.45) is 65.5. The van der Waals surface area contributed by atoms with Crippen LogP contribution in [0, 0.1) is 0 Å². The largest absolute Gasteiger partial charge is 0.472 e. The summed E-state index contributed by atoms with van der Waals surface area (Å²) in [5.74, 6) is -0.392. The maximum absolute atomic E-state index is 12.7. The number of allylic oxidation sites excluding steroid dienone is 14. The highest BCUT2D eigenvalue weighted by molar-refractivity contribution is 7.47. The number of rotatable bonds is 50. The number of hydrogen-bond acceptors (Lipinski definition) is 8. The van der Waals surface area contributed by atoms with Crippen molar-refractivity contribution < 1.29 is 43.0 Å². The van der Waals surface area contributed by atoms with Crippen molar-refractivity contribution in [2.24, 2.45) is 0 Å². The van der Waals surface area contributed by atoms with Gasteiger partial charge in [-0.05, 0) is 89.9 Å². The zero-order valence-electron chi connectivity index (χ0n) is 42.1. The van der Waals surface area contributed by atoms with E-state index in [1.54, 1.807) is 0 Å². The van der Waals surface area contributed by atoms with Gasteiger partial charge >= 0.3 is 13.8 Å². The van der Waals surface area contributed by atoms with E-state index < -0.39 is 39.2 Å². The molecule has 0 rings (SSSR count). The molecule has 0 aromatic heterocycles. The van der Waals surface area contributed by atoms with Gasteiger partial charge in [-0.25, -0.2) is 4.57 Å². The second-order valence-corrected chi connectivity index (χ2v) is 19.0. The smallest absolute Gasteiger partial charge is 0.457 e. The molecule has 0 amide bonds. The molecule has 0 heterocycles. The van der Waals surface area contributed by atoms with Gasteiger partial charge in [-0.15, -0.1) is 0 Å². The number of unbranched alkanes of at least 4 members (excludes halogenated alkanes) is 22. The lowest BCUT2D eigenvalue weighted by molar-refractivity contribution is -0.154. The molecule has 0 saturated carbocycles. The SMILES string of the molecule is CC/C=C\C/C=C\C/C=C\C/C=C\C/C=C\CCCCCCCCOCC(COP(=O)(O)OCC(O)CO)OC(=O)CCCCCCCCCCCCC/C=C\C/C=C\CCCCCCC. The first-order chi connectivity index (χ1) is 32.3. The van der Waals surface area contributed by atoms with Crippen molar-refractivity contribution in [1.29, 1.82) is 0 Å². The van der Waals surface area contributed by atoms with E-state index in [0.29, 0.717) is 6.61 Å². The highest BCUT2D eigenvalue weighted by Crippen LogP contribution is 2.43. The van der Waals surface area contributed by atoms with E-state index in [0.717, 1.165) is 83.5 Å². The Morgan fingerprint density at radius 1 is 0.485 bits per heavy atom. The molecular weight excluding hydrogens is 848 g/mol. The summed E-state index contributed by atoms with van der Waals surface area (Å²) >= 11 is 0. The number of esters is 1. The third-order valence-corrected chi connectivity index (χ3v) is 12.0. The molecule has 9 nitrogen and oxygen atoms in total. The summed E-state index contributed by atoms with van der Waals surface area (Å²) in [5, 5.41) is 18.4. The van der Waals surface area contributed by atoms with Crippen LogP contribution in [0.3, 0.4) is 0 Å². The summed E-state index contributed by atoms with van der Waals surface area (Å²) in [6, 6.07) is 0. The lowest BCUT2D eigenvalue weighted by Gasteiger charge is -2.20. The minimum absolute atomic E-state index is 0.0342. The van der Waals surface area contributed by atoms with Crippen LogP contribution < -0.4 is 0 Å². The van der Waals surface area contributed by atoms with Crippen molar-refractivity contribution >= 4 is 13.8 Å². The summed E-state index contributed by atoms with van der Waals surface area (Å²) in [7, 11) is -4.54. The van der Waals surface area contributed by atoms with Crippen LogP contribution in [0.15, 0.2) is 85.1 Å². The van der Waals surface area contributed by atoms with Crippen molar-refractivity contribution in [2.45, 2.75) is 232 Å². The zero-order valence-corrected chi connectivity index (χ0v) is 43.0. The lowest BCUT2D eigenvalue weighted by atomic mass is 10.0. The van der Waals surface area contributed by atoms with Crippen molar-refractivity contribution in [3.63, 3.8) is 0 Å². The molecule has 0 aromatic carbocycles. The second kappa shape index (κ2) is 52.0. The number of aliphatic hydroxyl groups excluding tert-OH is 2. The minimum atomic E-state index is -4.54. The van der Waals surface area contributed by atoms with Crippen molar-refractivity contribution in [3.8, 4) is 0 Å². The van der Waals surface area contributed by atoms with Gasteiger partial charge in [-0.2, -0.15) is 0 Å². The van der Waals surface area contributed by atoms with E-state index in [1.165, 1.54) is 116 Å². The fourth-order valence-corrected chi connectivity index (χ4v) is 7.85. The van der Waals surface area contributed by atoms with Gasteiger partial charge in [0.25, 0.3) is 0 Å². The standard InChI is InChI=1S/C56H99O9P/c1-3-5-7-9-11-13-15-17-19-21-23-25-27-28-30-32-34-36-38-40-42-44-46-48-56(59)65-55(53-64-66(60,61)63-51-54(58)50-57)52-62-49-47-45-43-41-39-37-35-33-31-29-26-24-22-20-18-16-14-12-10-8-6-4-2/h6,8,12,14-15,17-18,20-21,23-24,26,31,33,54-55,57-58H,3-5,7,9-11,13,16,19,22,25,27-30,32,34-53H2,1-2H3,(H,60,61)/b8-6-,14-12-,17-15-,20-18-,23-21-,26-24-,33-31-. The molecular formula is C56H99O9P. The molecule has 0 saturated heterocycles. The summed E-state index contributed by atoms with van der Waals surface area (Å²) < 4.78 is 33.6. The Morgan fingerprint density at radius 3 is 1.30 bits per heavy atom. The van der Waals surface area contributed by atoms with Crippen LogP contribution in [-0.4, -0.2) is 66.3 Å². The van der Waals surface area contributed by atoms with Crippen molar-refractivity contribution in [2.75, 3.05) is 33.0 Å². The fourth-order valence-electron chi connectivity index (χ4n) is 7.06. The predicted molar refractivity (Wildman–Crippen MR) is 279 cm³/mol. The van der Waals surface area contributed by atoms with Gasteiger partial charge in [0.2, 0.25) is 0 Å². The topological polar surface area (TPSA) is 132 Å². The maximum atomic E-state index is 12.7. The van der Waals surface area contributed by atoms with Gasteiger partial charge < -0.3 is 24.6 Å². The Kier molecular flexibility index (Phi) is 50.2. The molecule has 0 spiro atoms. The van der Waals surface area contributed by atoms with Gasteiger partial charge in [0, 0.05) is 13.0 Å². The zero-order chi connectivity index (χ0) is 48.1. The maximum Gasteiger partial charge on any atom is 0.472 e. The number of carbonyl (C=O) groups excluding carboxylic acids is 1. The lowest BCUT2D eigenvalue weighted by Crippen LogP contribution is -2.29. The summed E-state index contributed by atoms with van der Waals surface area (Å²) in [5.41, 5.74) is 0. The van der Waals surface area contributed by atoms with Crippen LogP contribution in [0.25, 0.3) is 0 Å². The van der Waals surface area contributed by atoms with Crippen molar-refractivity contribution in [3.05, 3.63) is 85.1 Å². The number of hydrogen-bond donors (Lipinski definition) is 3. The Bertz CT molecular complexity index is 1300. The molecule has 0 bridgehead atoms. The molecule has 0 aromatic rings. The average molecular weight is 947 g/mol. The quantitative estimate of drug-likeness (QED) is 0.0236. The first-order valence-electron chi connectivity index (χ1n) is 26.6. The third kappa shape index (κ3) is 51.0. The van der Waals surface area contributed by atoms with E-state index in [9.17, 15) is 19.4 Å². The molecule has 3 atom stereocenters. The average Bonchev–Trinajstić information content (AvgIpc) is 3.31.